The van der Waals surface area contributed by atoms with Gasteiger partial charge in [0.1, 0.15) is 10.7 Å². The van der Waals surface area contributed by atoms with E-state index in [1.807, 2.05) is 0 Å². The lowest BCUT2D eigenvalue weighted by atomic mass is 10.2. The molecular formula is C18H13Cl2N3O4S. The number of anilines is 1. The Morgan fingerprint density at radius 1 is 1.07 bits per heavy atom. The Labute approximate surface area is 171 Å². The van der Waals surface area contributed by atoms with Crippen molar-refractivity contribution in [1.82, 2.24) is 5.43 Å². The summed E-state index contributed by atoms with van der Waals surface area (Å²) in [7, 11) is -4.03. The van der Waals surface area contributed by atoms with Gasteiger partial charge in [0.2, 0.25) is 0 Å². The zero-order valence-electron chi connectivity index (χ0n) is 14.1. The molecule has 0 spiro atoms. The minimum atomic E-state index is -4.03. The molecular weight excluding hydrogens is 425 g/mol. The van der Waals surface area contributed by atoms with Gasteiger partial charge in [-0.3, -0.25) is 9.52 Å². The van der Waals surface area contributed by atoms with E-state index in [0.717, 1.165) is 0 Å². The van der Waals surface area contributed by atoms with Gasteiger partial charge in [-0.15, -0.1) is 0 Å². The van der Waals surface area contributed by atoms with Gasteiger partial charge in [0.05, 0.1) is 17.5 Å². The second-order valence-electron chi connectivity index (χ2n) is 5.47. The molecule has 0 aliphatic rings. The first kappa shape index (κ1) is 19.9. The first-order valence-electron chi connectivity index (χ1n) is 7.80. The van der Waals surface area contributed by atoms with Crippen molar-refractivity contribution in [3.8, 4) is 0 Å². The maximum absolute atomic E-state index is 12.6. The van der Waals surface area contributed by atoms with Crippen LogP contribution < -0.4 is 10.1 Å². The number of nitrogens with one attached hydrogen (secondary N) is 2. The molecule has 0 radical (unpaired) electrons. The van der Waals surface area contributed by atoms with E-state index in [4.69, 9.17) is 27.6 Å². The Kier molecular flexibility index (Phi) is 6.03. The van der Waals surface area contributed by atoms with Gasteiger partial charge in [-0.1, -0.05) is 23.2 Å². The maximum Gasteiger partial charge on any atom is 0.271 e. The number of nitrogens with zero attached hydrogens (tertiary/aromatic N) is 1. The Morgan fingerprint density at radius 3 is 2.50 bits per heavy atom. The van der Waals surface area contributed by atoms with Crippen molar-refractivity contribution < 1.29 is 17.6 Å². The molecule has 0 saturated carbocycles. The molecule has 0 unspecified atom stereocenters. The zero-order chi connectivity index (χ0) is 20.1. The molecule has 2 N–H and O–H groups in total. The first-order chi connectivity index (χ1) is 13.3. The van der Waals surface area contributed by atoms with Crippen LogP contribution in [0.25, 0.3) is 0 Å². The van der Waals surface area contributed by atoms with E-state index >= 15 is 0 Å². The van der Waals surface area contributed by atoms with Crippen molar-refractivity contribution in [1.29, 1.82) is 0 Å². The molecule has 3 rings (SSSR count). The summed E-state index contributed by atoms with van der Waals surface area (Å²) in [6.45, 7) is 0. The quantitative estimate of drug-likeness (QED) is 0.446. The number of sulfonamides is 1. The first-order valence-corrected chi connectivity index (χ1v) is 10.0. The van der Waals surface area contributed by atoms with Gasteiger partial charge in [0, 0.05) is 16.3 Å². The third-order valence-electron chi connectivity index (χ3n) is 3.48. The van der Waals surface area contributed by atoms with Crippen LogP contribution in [0.4, 0.5) is 5.69 Å². The summed E-state index contributed by atoms with van der Waals surface area (Å²) >= 11 is 11.8. The molecule has 0 atom stereocenters. The number of furan rings is 1. The van der Waals surface area contributed by atoms with Gasteiger partial charge >= 0.3 is 0 Å². The van der Waals surface area contributed by atoms with E-state index < -0.39 is 15.9 Å². The zero-order valence-corrected chi connectivity index (χ0v) is 16.4. The molecule has 28 heavy (non-hydrogen) atoms. The highest BCUT2D eigenvalue weighted by atomic mass is 35.5. The van der Waals surface area contributed by atoms with Crippen LogP contribution in [-0.2, 0) is 10.0 Å². The molecule has 3 aromatic rings. The molecule has 0 saturated heterocycles. The Hall–Kier alpha value is -2.81. The molecule has 144 valence electrons. The molecule has 1 aromatic heterocycles. The van der Waals surface area contributed by atoms with Crippen LogP contribution in [0.2, 0.25) is 10.0 Å². The Morgan fingerprint density at radius 2 is 1.82 bits per heavy atom. The normalized spacial score (nSPS) is 11.5. The Bertz CT molecular complexity index is 1110. The van der Waals surface area contributed by atoms with Crippen LogP contribution in [0.3, 0.4) is 0 Å². The average molecular weight is 438 g/mol. The lowest BCUT2D eigenvalue weighted by Crippen LogP contribution is -2.19. The third kappa shape index (κ3) is 4.92. The van der Waals surface area contributed by atoms with Gasteiger partial charge in [0.25, 0.3) is 15.9 Å². The highest BCUT2D eigenvalue weighted by Crippen LogP contribution is 2.25. The molecule has 0 aliphatic heterocycles. The summed E-state index contributed by atoms with van der Waals surface area (Å²) < 4.78 is 32.7. The highest BCUT2D eigenvalue weighted by Gasteiger charge is 2.20. The number of hydrogen-bond donors (Lipinski definition) is 2. The fourth-order valence-electron chi connectivity index (χ4n) is 2.16. The number of halogens is 2. The lowest BCUT2D eigenvalue weighted by molar-refractivity contribution is 0.0955. The number of hydrogen-bond acceptors (Lipinski definition) is 5. The summed E-state index contributed by atoms with van der Waals surface area (Å²) in [6, 6.07) is 13.3. The monoisotopic (exact) mass is 437 g/mol. The van der Waals surface area contributed by atoms with Crippen molar-refractivity contribution >= 4 is 51.0 Å². The van der Waals surface area contributed by atoms with Crippen LogP contribution in [0.1, 0.15) is 16.1 Å². The summed E-state index contributed by atoms with van der Waals surface area (Å²) in [5, 5.41) is 4.19. The van der Waals surface area contributed by atoms with Gasteiger partial charge in [-0.05, 0) is 54.6 Å². The second-order valence-corrected chi connectivity index (χ2v) is 7.97. The van der Waals surface area contributed by atoms with E-state index in [9.17, 15) is 13.2 Å². The Balaban J connectivity index is 1.80. The second kappa shape index (κ2) is 8.47. The molecule has 1 heterocycles. The molecule has 7 nitrogen and oxygen atoms in total. The highest BCUT2D eigenvalue weighted by molar-refractivity contribution is 7.92. The van der Waals surface area contributed by atoms with Gasteiger partial charge in [0.15, 0.2) is 0 Å². The van der Waals surface area contributed by atoms with Crippen LogP contribution in [0.5, 0.6) is 0 Å². The van der Waals surface area contributed by atoms with Crippen molar-refractivity contribution in [3.05, 3.63) is 82.2 Å². The van der Waals surface area contributed by atoms with Crippen molar-refractivity contribution in [2.75, 3.05) is 4.72 Å². The number of hydrazone groups is 1. The van der Waals surface area contributed by atoms with Gasteiger partial charge < -0.3 is 4.42 Å². The number of carbonyl (C=O) groups excluding carboxylic acids is 1. The topological polar surface area (TPSA) is 101 Å². The number of carbonyl (C=O) groups is 1. The van der Waals surface area contributed by atoms with Gasteiger partial charge in [-0.2, -0.15) is 5.10 Å². The predicted octanol–water partition coefficient (Wildman–Crippen LogP) is 4.15. The van der Waals surface area contributed by atoms with Crippen LogP contribution in [0.15, 0.2) is 75.3 Å². The fraction of sp³-hybridized carbons (Fsp3) is 0. The molecule has 0 aliphatic carbocycles. The predicted molar refractivity (Wildman–Crippen MR) is 107 cm³/mol. The van der Waals surface area contributed by atoms with E-state index in [1.54, 1.807) is 24.3 Å². The average Bonchev–Trinajstić information content (AvgIpc) is 3.17. The smallest absolute Gasteiger partial charge is 0.271 e. The SMILES string of the molecule is O=C(N/N=C/c1ccco1)c1ccc(Cl)c(S(=O)(=O)Nc2ccc(Cl)cc2)c1. The van der Waals surface area contributed by atoms with E-state index in [1.165, 1.54) is 42.8 Å². The van der Waals surface area contributed by atoms with Crippen molar-refractivity contribution in [2.45, 2.75) is 4.90 Å². The standard InChI is InChI=1S/C18H13Cl2N3O4S/c19-13-4-6-14(7-5-13)23-28(25,26)17-10-12(3-8-16(17)20)18(24)22-21-11-15-2-1-9-27-15/h1-11,23H,(H,22,24)/b21-11+. The summed E-state index contributed by atoms with van der Waals surface area (Å²) in [4.78, 5) is 12.0. The van der Waals surface area contributed by atoms with Crippen LogP contribution in [0, 0.1) is 0 Å². The minimum absolute atomic E-state index is 0.0305. The number of benzene rings is 2. The lowest BCUT2D eigenvalue weighted by Gasteiger charge is -2.11. The molecule has 2 aromatic carbocycles. The van der Waals surface area contributed by atoms with Gasteiger partial charge in [-0.25, -0.2) is 13.8 Å². The summed E-state index contributed by atoms with van der Waals surface area (Å²) in [5.41, 5.74) is 2.66. The molecule has 1 amide bonds. The van der Waals surface area contributed by atoms with Crippen molar-refractivity contribution in [3.63, 3.8) is 0 Å². The van der Waals surface area contributed by atoms with Crippen LogP contribution >= 0.6 is 23.2 Å². The summed E-state index contributed by atoms with van der Waals surface area (Å²) in [6.07, 6.45) is 2.78. The van der Waals surface area contributed by atoms with E-state index in [0.29, 0.717) is 16.5 Å². The van der Waals surface area contributed by atoms with Crippen LogP contribution in [-0.4, -0.2) is 20.5 Å². The third-order valence-corrected chi connectivity index (χ3v) is 5.60. The van der Waals surface area contributed by atoms with E-state index in [2.05, 4.69) is 15.2 Å². The molecule has 0 fully saturated rings. The largest absolute Gasteiger partial charge is 0.463 e. The van der Waals surface area contributed by atoms with E-state index in [-0.39, 0.29) is 15.5 Å². The molecule has 0 bridgehead atoms. The minimum Gasteiger partial charge on any atom is -0.463 e. The van der Waals surface area contributed by atoms with Crippen molar-refractivity contribution in [2.24, 2.45) is 5.10 Å². The molecule has 10 heteroatoms. The summed E-state index contributed by atoms with van der Waals surface area (Å²) in [5.74, 6) is -0.158. The number of rotatable bonds is 6. The maximum atomic E-state index is 12.6. The fourth-order valence-corrected chi connectivity index (χ4v) is 3.87. The number of amides is 1.